The van der Waals surface area contributed by atoms with Gasteiger partial charge in [-0.05, 0) is 17.0 Å². The Balaban J connectivity index is 1.63. The Kier molecular flexibility index (Phi) is 4.31. The molecule has 3 aromatic rings. The molecule has 4 nitrogen and oxygen atoms in total. The number of rotatable bonds is 4. The summed E-state index contributed by atoms with van der Waals surface area (Å²) >= 11 is 3.54. The van der Waals surface area contributed by atoms with Crippen molar-refractivity contribution in [2.45, 2.75) is 36.3 Å². The molecular formula is C16H18N4S2. The third-order valence-corrected chi connectivity index (χ3v) is 5.82. The molecule has 0 unspecified atom stereocenters. The molecule has 6 heteroatoms. The fraction of sp³-hybridized carbons (Fsp3) is 0.312. The van der Waals surface area contributed by atoms with E-state index >= 15 is 0 Å². The van der Waals surface area contributed by atoms with Gasteiger partial charge in [0.05, 0.1) is 0 Å². The van der Waals surface area contributed by atoms with E-state index in [0.29, 0.717) is 0 Å². The van der Waals surface area contributed by atoms with Crippen LogP contribution < -0.4 is 0 Å². The van der Waals surface area contributed by atoms with E-state index in [1.165, 1.54) is 10.4 Å². The van der Waals surface area contributed by atoms with Crippen LogP contribution in [0.3, 0.4) is 0 Å². The van der Waals surface area contributed by atoms with Crippen LogP contribution in [0.1, 0.15) is 31.2 Å². The van der Waals surface area contributed by atoms with Gasteiger partial charge in [0, 0.05) is 35.4 Å². The Bertz CT molecular complexity index is 724. The lowest BCUT2D eigenvalue weighted by Crippen LogP contribution is -2.07. The molecule has 3 rings (SSSR count). The summed E-state index contributed by atoms with van der Waals surface area (Å²) in [6.45, 7) is 6.65. The number of imidazole rings is 1. The number of nitrogens with zero attached hydrogens (tertiary/aromatic N) is 4. The minimum absolute atomic E-state index is 0.171. The maximum atomic E-state index is 4.50. The van der Waals surface area contributed by atoms with Crippen LogP contribution in [-0.4, -0.2) is 19.5 Å². The molecule has 0 N–H and O–H groups in total. The van der Waals surface area contributed by atoms with Gasteiger partial charge in [0.1, 0.15) is 16.5 Å². The van der Waals surface area contributed by atoms with Gasteiger partial charge in [-0.3, -0.25) is 4.57 Å². The second kappa shape index (κ2) is 6.22. The fourth-order valence-electron chi connectivity index (χ4n) is 1.87. The summed E-state index contributed by atoms with van der Waals surface area (Å²) in [5.74, 6) is 1.77. The third-order valence-electron chi connectivity index (χ3n) is 3.16. The SMILES string of the molecule is CC(C)(C)c1cnc(SCc2ccc(-n3ccnc3)nc2)s1. The number of hydrogen-bond acceptors (Lipinski definition) is 5. The third kappa shape index (κ3) is 3.56. The van der Waals surface area contributed by atoms with Crippen LogP contribution in [0.4, 0.5) is 0 Å². The van der Waals surface area contributed by atoms with Crippen LogP contribution in [0.5, 0.6) is 0 Å². The second-order valence-corrected chi connectivity index (χ2v) is 8.28. The monoisotopic (exact) mass is 330 g/mol. The van der Waals surface area contributed by atoms with Gasteiger partial charge in [-0.1, -0.05) is 38.6 Å². The van der Waals surface area contributed by atoms with Crippen LogP contribution in [0.25, 0.3) is 5.82 Å². The highest BCUT2D eigenvalue weighted by atomic mass is 32.2. The molecule has 114 valence electrons. The molecule has 0 aromatic carbocycles. The van der Waals surface area contributed by atoms with Crippen molar-refractivity contribution in [1.29, 1.82) is 0 Å². The van der Waals surface area contributed by atoms with E-state index in [-0.39, 0.29) is 5.41 Å². The van der Waals surface area contributed by atoms with Crippen LogP contribution in [0.2, 0.25) is 0 Å². The standard InChI is InChI=1S/C16H18N4S2/c1-16(2,3)13-9-19-15(22-13)21-10-12-4-5-14(18-8-12)20-7-6-17-11-20/h4-9,11H,10H2,1-3H3. The summed E-state index contributed by atoms with van der Waals surface area (Å²) in [4.78, 5) is 14.3. The minimum atomic E-state index is 0.171. The Hall–Kier alpha value is -1.66. The van der Waals surface area contributed by atoms with E-state index in [1.807, 2.05) is 29.2 Å². The molecule has 0 fully saturated rings. The summed E-state index contributed by atoms with van der Waals surface area (Å²) in [5.41, 5.74) is 1.37. The number of thioether (sulfide) groups is 1. The maximum Gasteiger partial charge on any atom is 0.150 e. The summed E-state index contributed by atoms with van der Waals surface area (Å²) < 4.78 is 3.01. The van der Waals surface area contributed by atoms with Crippen molar-refractivity contribution in [3.8, 4) is 5.82 Å². The van der Waals surface area contributed by atoms with Gasteiger partial charge in [0.2, 0.25) is 0 Å². The zero-order chi connectivity index (χ0) is 15.6. The van der Waals surface area contributed by atoms with Crippen molar-refractivity contribution in [3.63, 3.8) is 0 Å². The lowest BCUT2D eigenvalue weighted by atomic mass is 9.96. The van der Waals surface area contributed by atoms with Crippen molar-refractivity contribution in [2.75, 3.05) is 0 Å². The van der Waals surface area contributed by atoms with Gasteiger partial charge in [0.15, 0.2) is 0 Å². The molecule has 0 amide bonds. The Morgan fingerprint density at radius 1 is 1.18 bits per heavy atom. The number of hydrogen-bond donors (Lipinski definition) is 0. The predicted octanol–water partition coefficient (Wildman–Crippen LogP) is 4.31. The van der Waals surface area contributed by atoms with Gasteiger partial charge in [-0.2, -0.15) is 0 Å². The predicted molar refractivity (Wildman–Crippen MR) is 91.7 cm³/mol. The lowest BCUT2D eigenvalue weighted by Gasteiger charge is -2.14. The summed E-state index contributed by atoms with van der Waals surface area (Å²) in [6, 6.07) is 4.12. The average Bonchev–Trinajstić information content (AvgIpc) is 3.16. The normalized spacial score (nSPS) is 11.8. The van der Waals surface area contributed by atoms with Crippen molar-refractivity contribution in [1.82, 2.24) is 19.5 Å². The Labute approximate surface area is 138 Å². The zero-order valence-electron chi connectivity index (χ0n) is 12.9. The van der Waals surface area contributed by atoms with E-state index in [9.17, 15) is 0 Å². The molecule has 0 radical (unpaired) electrons. The van der Waals surface area contributed by atoms with Gasteiger partial charge in [0.25, 0.3) is 0 Å². The van der Waals surface area contributed by atoms with E-state index in [4.69, 9.17) is 0 Å². The minimum Gasteiger partial charge on any atom is -0.291 e. The number of pyridine rings is 1. The van der Waals surface area contributed by atoms with Crippen molar-refractivity contribution >= 4 is 23.1 Å². The molecular weight excluding hydrogens is 312 g/mol. The molecule has 3 heterocycles. The summed E-state index contributed by atoms with van der Waals surface area (Å²) in [5, 5.41) is 0. The van der Waals surface area contributed by atoms with Gasteiger partial charge >= 0.3 is 0 Å². The smallest absolute Gasteiger partial charge is 0.150 e. The van der Waals surface area contributed by atoms with Crippen LogP contribution in [-0.2, 0) is 11.2 Å². The second-order valence-electron chi connectivity index (χ2n) is 6.02. The highest BCUT2D eigenvalue weighted by molar-refractivity contribution is 8.00. The molecule has 0 aliphatic carbocycles. The first kappa shape index (κ1) is 15.2. The van der Waals surface area contributed by atoms with Crippen molar-refractivity contribution in [2.24, 2.45) is 0 Å². The first-order chi connectivity index (χ1) is 10.5. The first-order valence-electron chi connectivity index (χ1n) is 7.05. The van der Waals surface area contributed by atoms with Crippen LogP contribution in [0, 0.1) is 0 Å². The molecule has 0 saturated carbocycles. The largest absolute Gasteiger partial charge is 0.291 e. The average molecular weight is 330 g/mol. The highest BCUT2D eigenvalue weighted by Gasteiger charge is 2.17. The van der Waals surface area contributed by atoms with E-state index in [0.717, 1.165) is 15.9 Å². The quantitative estimate of drug-likeness (QED) is 0.669. The van der Waals surface area contributed by atoms with E-state index < -0.39 is 0 Å². The van der Waals surface area contributed by atoms with E-state index in [1.54, 1.807) is 35.6 Å². The summed E-state index contributed by atoms with van der Waals surface area (Å²) in [6.07, 6.45) is 9.30. The maximum absolute atomic E-state index is 4.50. The van der Waals surface area contributed by atoms with E-state index in [2.05, 4.69) is 41.8 Å². The molecule has 0 atom stereocenters. The molecule has 0 saturated heterocycles. The highest BCUT2D eigenvalue weighted by Crippen LogP contribution is 2.33. The Morgan fingerprint density at radius 2 is 2.05 bits per heavy atom. The molecule has 0 aliphatic heterocycles. The van der Waals surface area contributed by atoms with Gasteiger partial charge in [-0.25, -0.2) is 15.0 Å². The fourth-order valence-corrected chi connectivity index (χ4v) is 3.84. The number of thiazole rings is 1. The molecule has 0 spiro atoms. The number of aromatic nitrogens is 4. The van der Waals surface area contributed by atoms with Crippen molar-refractivity contribution in [3.05, 3.63) is 53.7 Å². The van der Waals surface area contributed by atoms with Gasteiger partial charge in [-0.15, -0.1) is 11.3 Å². The zero-order valence-corrected chi connectivity index (χ0v) is 14.5. The molecule has 0 aliphatic rings. The molecule has 0 bridgehead atoms. The van der Waals surface area contributed by atoms with Crippen LogP contribution >= 0.6 is 23.1 Å². The van der Waals surface area contributed by atoms with Crippen molar-refractivity contribution < 1.29 is 0 Å². The lowest BCUT2D eigenvalue weighted by molar-refractivity contribution is 0.602. The summed E-state index contributed by atoms with van der Waals surface area (Å²) in [7, 11) is 0. The molecule has 3 aromatic heterocycles. The van der Waals surface area contributed by atoms with Crippen LogP contribution in [0.15, 0.2) is 47.6 Å². The first-order valence-corrected chi connectivity index (χ1v) is 8.85. The van der Waals surface area contributed by atoms with Gasteiger partial charge < -0.3 is 0 Å². The molecule has 22 heavy (non-hydrogen) atoms. The Morgan fingerprint density at radius 3 is 2.64 bits per heavy atom. The topological polar surface area (TPSA) is 43.6 Å².